The van der Waals surface area contributed by atoms with E-state index in [1.165, 1.54) is 5.16 Å². The molecule has 0 saturated carbocycles. The number of alkyl halides is 3. The second-order valence-electron chi connectivity index (χ2n) is 1.42. The number of aromatic amines is 1. The molecule has 0 amide bonds. The van der Waals surface area contributed by atoms with Crippen LogP contribution >= 0.6 is 0 Å². The van der Waals surface area contributed by atoms with E-state index in [2.05, 4.69) is 9.51 Å². The predicted molar refractivity (Wildman–Crippen MR) is 22.1 cm³/mol. The quantitative estimate of drug-likeness (QED) is 0.587. The first-order chi connectivity index (χ1) is 4.50. The van der Waals surface area contributed by atoms with Crippen LogP contribution in [0, 0.1) is 0 Å². The Labute approximate surface area is 51.6 Å². The van der Waals surface area contributed by atoms with Crippen LogP contribution < -0.4 is 5.69 Å². The highest BCUT2D eigenvalue weighted by atomic mass is 19.4. The van der Waals surface area contributed by atoms with E-state index in [0.29, 0.717) is 0 Å². The van der Waals surface area contributed by atoms with Crippen molar-refractivity contribution in [1.82, 2.24) is 10.1 Å². The minimum Gasteiger partial charge on any atom is -0.352 e. The number of nitrogens with one attached hydrogen (secondary N) is 1. The summed E-state index contributed by atoms with van der Waals surface area (Å²) in [7, 11) is 0. The Hall–Kier alpha value is -1.27. The van der Waals surface area contributed by atoms with Gasteiger partial charge in [0.05, 0.1) is 0 Å². The van der Waals surface area contributed by atoms with Crippen LogP contribution in [-0.4, -0.2) is 10.1 Å². The van der Waals surface area contributed by atoms with Gasteiger partial charge in [0.15, 0.2) is 0 Å². The number of hydrogen-bond acceptors (Lipinski definition) is 3. The lowest BCUT2D eigenvalue weighted by Gasteiger charge is -1.95. The van der Waals surface area contributed by atoms with Crippen molar-refractivity contribution in [2.75, 3.05) is 0 Å². The molecule has 0 atom stereocenters. The highest BCUT2D eigenvalue weighted by Crippen LogP contribution is 2.25. The van der Waals surface area contributed by atoms with Crippen LogP contribution in [0.15, 0.2) is 9.32 Å². The van der Waals surface area contributed by atoms with Gasteiger partial charge in [0.2, 0.25) is 0 Å². The van der Waals surface area contributed by atoms with Gasteiger partial charge in [-0.1, -0.05) is 0 Å². The lowest BCUT2D eigenvalue weighted by atomic mass is 10.7. The SMILES string of the molecule is O=c1nc(C(F)(F)F)o[nH]1. The average Bonchev–Trinajstić information content (AvgIpc) is 2.11. The van der Waals surface area contributed by atoms with Gasteiger partial charge in [-0.2, -0.15) is 18.3 Å². The van der Waals surface area contributed by atoms with Crippen LogP contribution in [0.4, 0.5) is 13.2 Å². The number of H-pyrrole nitrogens is 1. The van der Waals surface area contributed by atoms with E-state index in [4.69, 9.17) is 0 Å². The predicted octanol–water partition coefficient (Wildman–Crippen LogP) is 0.382. The lowest BCUT2D eigenvalue weighted by Crippen LogP contribution is -2.08. The molecule has 0 bridgehead atoms. The van der Waals surface area contributed by atoms with Gasteiger partial charge in [0.1, 0.15) is 0 Å². The standard InChI is InChI=1S/C3HF3N2O2/c4-3(5,6)1-7-2(9)8-10-1/h(H,8,9). The molecule has 0 fully saturated rings. The molecule has 0 radical (unpaired) electrons. The third-order valence-electron chi connectivity index (χ3n) is 0.681. The summed E-state index contributed by atoms with van der Waals surface area (Å²) in [6, 6.07) is 0. The van der Waals surface area contributed by atoms with Crippen LogP contribution in [0.3, 0.4) is 0 Å². The molecular weight excluding hydrogens is 153 g/mol. The van der Waals surface area contributed by atoms with Crippen LogP contribution in [0.2, 0.25) is 0 Å². The molecule has 10 heavy (non-hydrogen) atoms. The van der Waals surface area contributed by atoms with E-state index >= 15 is 0 Å². The maximum atomic E-state index is 11.5. The molecule has 0 aliphatic heterocycles. The number of aromatic nitrogens is 2. The Morgan fingerprint density at radius 2 is 2.10 bits per heavy atom. The van der Waals surface area contributed by atoms with Crippen molar-refractivity contribution in [2.45, 2.75) is 6.18 Å². The van der Waals surface area contributed by atoms with Crippen LogP contribution in [0.1, 0.15) is 5.89 Å². The smallest absolute Gasteiger partial charge is 0.352 e. The molecule has 1 rings (SSSR count). The van der Waals surface area contributed by atoms with Crippen molar-refractivity contribution in [3.8, 4) is 0 Å². The maximum absolute atomic E-state index is 11.5. The summed E-state index contributed by atoms with van der Waals surface area (Å²) in [4.78, 5) is 12.5. The second-order valence-corrected chi connectivity index (χ2v) is 1.42. The summed E-state index contributed by atoms with van der Waals surface area (Å²) >= 11 is 0. The van der Waals surface area contributed by atoms with Gasteiger partial charge in [-0.3, -0.25) is 0 Å². The molecule has 1 N–H and O–H groups in total. The molecule has 0 unspecified atom stereocenters. The average molecular weight is 154 g/mol. The zero-order chi connectivity index (χ0) is 7.78. The fraction of sp³-hybridized carbons (Fsp3) is 0.333. The number of nitrogens with zero attached hydrogens (tertiary/aromatic N) is 1. The largest absolute Gasteiger partial charge is 0.471 e. The first kappa shape index (κ1) is 6.84. The number of rotatable bonds is 0. The van der Waals surface area contributed by atoms with Gasteiger partial charge >= 0.3 is 17.8 Å². The number of halogens is 3. The maximum Gasteiger partial charge on any atom is 0.471 e. The first-order valence-electron chi connectivity index (χ1n) is 2.13. The van der Waals surface area contributed by atoms with Gasteiger partial charge in [-0.25, -0.2) is 4.79 Å². The normalized spacial score (nSPS) is 11.9. The molecule has 0 spiro atoms. The molecule has 1 aromatic heterocycles. The van der Waals surface area contributed by atoms with Gasteiger partial charge in [-0.05, 0) is 0 Å². The van der Waals surface area contributed by atoms with Gasteiger partial charge in [-0.15, -0.1) is 4.98 Å². The second kappa shape index (κ2) is 1.86. The Bertz CT molecular complexity index is 272. The van der Waals surface area contributed by atoms with Crippen LogP contribution in [0.5, 0.6) is 0 Å². The lowest BCUT2D eigenvalue weighted by molar-refractivity contribution is -0.159. The summed E-state index contributed by atoms with van der Waals surface area (Å²) in [6.07, 6.45) is -4.70. The van der Waals surface area contributed by atoms with Crippen molar-refractivity contribution < 1.29 is 17.7 Å². The van der Waals surface area contributed by atoms with Crippen molar-refractivity contribution in [3.05, 3.63) is 16.4 Å². The molecule has 0 aromatic carbocycles. The molecule has 7 heteroatoms. The summed E-state index contributed by atoms with van der Waals surface area (Å²) in [5, 5.41) is 1.41. The monoisotopic (exact) mass is 154 g/mol. The minimum atomic E-state index is -4.70. The third-order valence-corrected chi connectivity index (χ3v) is 0.681. The Kier molecular flexibility index (Phi) is 1.27. The third kappa shape index (κ3) is 1.17. The van der Waals surface area contributed by atoms with Gasteiger partial charge in [0, 0.05) is 0 Å². The Balaban J connectivity index is 3.07. The minimum absolute atomic E-state index is 1.15. The van der Waals surface area contributed by atoms with E-state index in [9.17, 15) is 18.0 Å². The zero-order valence-electron chi connectivity index (χ0n) is 4.40. The molecule has 0 saturated heterocycles. The van der Waals surface area contributed by atoms with E-state index in [1.807, 2.05) is 0 Å². The molecular formula is C3HF3N2O2. The van der Waals surface area contributed by atoms with Crippen molar-refractivity contribution >= 4 is 0 Å². The summed E-state index contributed by atoms with van der Waals surface area (Å²) in [5.74, 6) is -1.56. The summed E-state index contributed by atoms with van der Waals surface area (Å²) < 4.78 is 38.1. The topological polar surface area (TPSA) is 58.9 Å². The zero-order valence-corrected chi connectivity index (χ0v) is 4.40. The van der Waals surface area contributed by atoms with Gasteiger partial charge < -0.3 is 4.52 Å². The highest BCUT2D eigenvalue weighted by Gasteiger charge is 2.37. The Morgan fingerprint density at radius 1 is 1.50 bits per heavy atom. The van der Waals surface area contributed by atoms with Gasteiger partial charge in [0.25, 0.3) is 0 Å². The molecule has 0 aliphatic carbocycles. The fourth-order valence-corrected chi connectivity index (χ4v) is 0.351. The molecule has 56 valence electrons. The summed E-state index contributed by atoms with van der Waals surface area (Å²) in [5.41, 5.74) is -1.15. The fourth-order valence-electron chi connectivity index (χ4n) is 0.351. The van der Waals surface area contributed by atoms with E-state index in [0.717, 1.165) is 0 Å². The van der Waals surface area contributed by atoms with Crippen LogP contribution in [-0.2, 0) is 6.18 Å². The van der Waals surface area contributed by atoms with E-state index in [1.54, 1.807) is 0 Å². The van der Waals surface area contributed by atoms with E-state index < -0.39 is 17.8 Å². The first-order valence-corrected chi connectivity index (χ1v) is 2.13. The van der Waals surface area contributed by atoms with Crippen LogP contribution in [0.25, 0.3) is 0 Å². The Morgan fingerprint density at radius 3 is 2.30 bits per heavy atom. The van der Waals surface area contributed by atoms with E-state index in [-0.39, 0.29) is 0 Å². The molecule has 1 heterocycles. The van der Waals surface area contributed by atoms with Crippen molar-refractivity contribution in [1.29, 1.82) is 0 Å². The molecule has 1 aromatic rings. The molecule has 4 nitrogen and oxygen atoms in total. The molecule has 0 aliphatic rings. The summed E-state index contributed by atoms with van der Waals surface area (Å²) in [6.45, 7) is 0. The van der Waals surface area contributed by atoms with Crippen molar-refractivity contribution in [3.63, 3.8) is 0 Å². The highest BCUT2D eigenvalue weighted by molar-refractivity contribution is 4.80. The number of hydrogen-bond donors (Lipinski definition) is 1. The van der Waals surface area contributed by atoms with Crippen molar-refractivity contribution in [2.24, 2.45) is 0 Å².